The maximum absolute atomic E-state index is 9.29. The van der Waals surface area contributed by atoms with Gasteiger partial charge in [0, 0.05) is 9.92 Å². The Balaban J connectivity index is 2.10. The molecule has 1 aliphatic carbocycles. The molecule has 1 nitrogen and oxygen atoms in total. The maximum atomic E-state index is 9.29. The lowest BCUT2D eigenvalue weighted by atomic mass is 9.64. The fraction of sp³-hybridized carbons (Fsp3) is 0.462. The molecule has 0 heterocycles. The van der Waals surface area contributed by atoms with E-state index in [4.69, 9.17) is 11.6 Å². The molecular formula is C13H14ClNS. The van der Waals surface area contributed by atoms with Gasteiger partial charge in [-0.15, -0.1) is 11.8 Å². The van der Waals surface area contributed by atoms with Crippen LogP contribution in [-0.4, -0.2) is 4.75 Å². The molecule has 0 aliphatic heterocycles. The van der Waals surface area contributed by atoms with Crippen molar-refractivity contribution in [3.8, 4) is 6.07 Å². The van der Waals surface area contributed by atoms with Crippen LogP contribution < -0.4 is 0 Å². The number of rotatable bonds is 2. The summed E-state index contributed by atoms with van der Waals surface area (Å²) in [5.74, 6) is 0. The molecule has 0 saturated heterocycles. The van der Waals surface area contributed by atoms with Crippen LogP contribution >= 0.6 is 23.4 Å². The zero-order chi connectivity index (χ0) is 11.8. The fourth-order valence-electron chi connectivity index (χ4n) is 2.40. The average molecular weight is 252 g/mol. The number of nitriles is 1. The molecule has 1 fully saturated rings. The van der Waals surface area contributed by atoms with Crippen LogP contribution in [0, 0.1) is 16.7 Å². The zero-order valence-corrected chi connectivity index (χ0v) is 11.0. The molecule has 1 aromatic rings. The molecule has 16 heavy (non-hydrogen) atoms. The maximum Gasteiger partial charge on any atom is 0.108 e. The van der Waals surface area contributed by atoms with Gasteiger partial charge in [0.05, 0.1) is 6.07 Å². The Morgan fingerprint density at radius 1 is 1.25 bits per heavy atom. The summed E-state index contributed by atoms with van der Waals surface area (Å²) in [5.41, 5.74) is 0.315. The molecular weight excluding hydrogens is 238 g/mol. The monoisotopic (exact) mass is 251 g/mol. The van der Waals surface area contributed by atoms with E-state index in [0.717, 1.165) is 22.8 Å². The smallest absolute Gasteiger partial charge is 0.108 e. The van der Waals surface area contributed by atoms with Gasteiger partial charge < -0.3 is 0 Å². The number of nitrogens with zero attached hydrogens (tertiary/aromatic N) is 1. The van der Waals surface area contributed by atoms with Crippen molar-refractivity contribution in [1.29, 1.82) is 5.26 Å². The Kier molecular flexibility index (Phi) is 2.94. The highest BCUT2D eigenvalue weighted by Gasteiger charge is 2.50. The van der Waals surface area contributed by atoms with Crippen LogP contribution in [0.3, 0.4) is 0 Å². The van der Waals surface area contributed by atoms with Crippen molar-refractivity contribution >= 4 is 23.4 Å². The summed E-state index contributed by atoms with van der Waals surface area (Å²) in [6.45, 7) is 4.43. The van der Waals surface area contributed by atoms with E-state index in [2.05, 4.69) is 19.9 Å². The van der Waals surface area contributed by atoms with E-state index >= 15 is 0 Å². The second-order valence-electron chi connectivity index (χ2n) is 5.18. The minimum atomic E-state index is -0.225. The Morgan fingerprint density at radius 2 is 1.81 bits per heavy atom. The zero-order valence-electron chi connectivity index (χ0n) is 9.46. The van der Waals surface area contributed by atoms with Crippen LogP contribution in [0.25, 0.3) is 0 Å². The van der Waals surface area contributed by atoms with E-state index in [0.29, 0.717) is 5.41 Å². The van der Waals surface area contributed by atoms with Crippen LogP contribution in [-0.2, 0) is 0 Å². The second kappa shape index (κ2) is 3.98. The lowest BCUT2D eigenvalue weighted by Crippen LogP contribution is -2.45. The molecule has 1 aliphatic rings. The Labute approximate surface area is 106 Å². The van der Waals surface area contributed by atoms with Gasteiger partial charge in [-0.2, -0.15) is 5.26 Å². The lowest BCUT2D eigenvalue weighted by molar-refractivity contribution is 0.162. The van der Waals surface area contributed by atoms with Gasteiger partial charge in [-0.05, 0) is 42.5 Å². The molecule has 84 valence electrons. The molecule has 3 heteroatoms. The van der Waals surface area contributed by atoms with Gasteiger partial charge in [-0.3, -0.25) is 0 Å². The molecule has 1 aromatic carbocycles. The molecule has 1 saturated carbocycles. The van der Waals surface area contributed by atoms with Crippen molar-refractivity contribution in [2.45, 2.75) is 36.3 Å². The van der Waals surface area contributed by atoms with Gasteiger partial charge in [0.2, 0.25) is 0 Å². The molecule has 0 amide bonds. The quantitative estimate of drug-likeness (QED) is 0.772. The standard InChI is InChI=1S/C13H14ClNS/c1-12(2)7-13(8-12,9-15)16-11-5-3-10(14)4-6-11/h3-6H,7-8H2,1-2H3. The predicted molar refractivity (Wildman–Crippen MR) is 68.7 cm³/mol. The average Bonchev–Trinajstić information content (AvgIpc) is 2.18. The first-order valence-electron chi connectivity index (χ1n) is 5.31. The summed E-state index contributed by atoms with van der Waals surface area (Å²) < 4.78 is -0.225. The first-order chi connectivity index (χ1) is 7.45. The van der Waals surface area contributed by atoms with Crippen molar-refractivity contribution in [3.63, 3.8) is 0 Å². The Bertz CT molecular complexity index is 422. The molecule has 0 aromatic heterocycles. The number of benzene rings is 1. The van der Waals surface area contributed by atoms with Crippen molar-refractivity contribution in [3.05, 3.63) is 29.3 Å². The molecule has 0 atom stereocenters. The van der Waals surface area contributed by atoms with E-state index in [-0.39, 0.29) is 4.75 Å². The van der Waals surface area contributed by atoms with Crippen molar-refractivity contribution in [2.24, 2.45) is 5.41 Å². The third kappa shape index (κ3) is 2.36. The summed E-state index contributed by atoms with van der Waals surface area (Å²) in [6, 6.07) is 10.2. The first-order valence-corrected chi connectivity index (χ1v) is 6.50. The second-order valence-corrected chi connectivity index (χ2v) is 7.07. The summed E-state index contributed by atoms with van der Waals surface area (Å²) >= 11 is 7.50. The van der Waals surface area contributed by atoms with Crippen LogP contribution in [0.5, 0.6) is 0 Å². The first kappa shape index (κ1) is 11.8. The normalized spacial score (nSPS) is 20.9. The van der Waals surface area contributed by atoms with Crippen LogP contribution in [0.4, 0.5) is 0 Å². The fourth-order valence-corrected chi connectivity index (χ4v) is 4.22. The van der Waals surface area contributed by atoms with Gasteiger partial charge in [0.1, 0.15) is 4.75 Å². The molecule has 0 unspecified atom stereocenters. The summed E-state index contributed by atoms with van der Waals surface area (Å²) in [4.78, 5) is 1.13. The minimum Gasteiger partial charge on any atom is -0.197 e. The van der Waals surface area contributed by atoms with E-state index in [1.165, 1.54) is 0 Å². The summed E-state index contributed by atoms with van der Waals surface area (Å²) in [6.07, 6.45) is 1.92. The highest BCUT2D eigenvalue weighted by molar-refractivity contribution is 8.01. The number of halogens is 1. The number of hydrogen-bond acceptors (Lipinski definition) is 2. The third-order valence-electron chi connectivity index (χ3n) is 2.86. The van der Waals surface area contributed by atoms with Crippen molar-refractivity contribution in [2.75, 3.05) is 0 Å². The molecule has 0 bridgehead atoms. The Hall–Kier alpha value is -0.650. The van der Waals surface area contributed by atoms with Crippen LogP contribution in [0.1, 0.15) is 26.7 Å². The Morgan fingerprint density at radius 3 is 2.25 bits per heavy atom. The van der Waals surface area contributed by atoms with Crippen LogP contribution in [0.15, 0.2) is 29.2 Å². The topological polar surface area (TPSA) is 23.8 Å². The van der Waals surface area contributed by atoms with E-state index in [1.54, 1.807) is 11.8 Å². The van der Waals surface area contributed by atoms with E-state index < -0.39 is 0 Å². The van der Waals surface area contributed by atoms with Gasteiger partial charge in [-0.1, -0.05) is 25.4 Å². The SMILES string of the molecule is CC1(C)CC(C#N)(Sc2ccc(Cl)cc2)C1. The number of hydrogen-bond donors (Lipinski definition) is 0. The third-order valence-corrected chi connectivity index (χ3v) is 4.39. The lowest BCUT2D eigenvalue weighted by Gasteiger charge is -2.48. The predicted octanol–water partition coefficient (Wildman–Crippen LogP) is 4.51. The largest absolute Gasteiger partial charge is 0.197 e. The highest BCUT2D eigenvalue weighted by Crippen LogP contribution is 2.56. The summed E-state index contributed by atoms with van der Waals surface area (Å²) in [7, 11) is 0. The van der Waals surface area contributed by atoms with E-state index in [9.17, 15) is 5.26 Å². The van der Waals surface area contributed by atoms with Crippen molar-refractivity contribution < 1.29 is 0 Å². The molecule has 0 radical (unpaired) electrons. The molecule has 0 spiro atoms. The van der Waals surface area contributed by atoms with Crippen LogP contribution in [0.2, 0.25) is 5.02 Å². The van der Waals surface area contributed by atoms with Gasteiger partial charge in [0.25, 0.3) is 0 Å². The van der Waals surface area contributed by atoms with Crippen molar-refractivity contribution in [1.82, 2.24) is 0 Å². The number of thioether (sulfide) groups is 1. The van der Waals surface area contributed by atoms with Gasteiger partial charge >= 0.3 is 0 Å². The highest BCUT2D eigenvalue weighted by atomic mass is 35.5. The molecule has 2 rings (SSSR count). The van der Waals surface area contributed by atoms with Gasteiger partial charge in [0.15, 0.2) is 0 Å². The van der Waals surface area contributed by atoms with Gasteiger partial charge in [-0.25, -0.2) is 0 Å². The summed E-state index contributed by atoms with van der Waals surface area (Å²) in [5, 5.41) is 10.0. The molecule has 0 N–H and O–H groups in total. The minimum absolute atomic E-state index is 0.225. The van der Waals surface area contributed by atoms with E-state index in [1.807, 2.05) is 24.3 Å².